The number of nitrogens with zero attached hydrogens (tertiary/aromatic N) is 1. The van der Waals surface area contributed by atoms with E-state index >= 15 is 0 Å². The van der Waals surface area contributed by atoms with E-state index < -0.39 is 5.91 Å². The minimum absolute atomic E-state index is 0.381. The highest BCUT2D eigenvalue weighted by Crippen LogP contribution is 2.32. The summed E-state index contributed by atoms with van der Waals surface area (Å²) in [7, 11) is 0. The molecule has 2 aromatic heterocycles. The predicted octanol–water partition coefficient (Wildman–Crippen LogP) is 4.29. The van der Waals surface area contributed by atoms with E-state index in [0.29, 0.717) is 23.1 Å². The molecule has 150 valence electrons. The molecule has 2 amide bonds. The third kappa shape index (κ3) is 4.38. The van der Waals surface area contributed by atoms with Crippen molar-refractivity contribution in [3.8, 4) is 0 Å². The minimum atomic E-state index is -0.397. The van der Waals surface area contributed by atoms with Crippen molar-refractivity contribution in [2.45, 2.75) is 65.8 Å². The number of aryl methyl sites for hydroxylation is 3. The Bertz CT molecular complexity index is 899. The topological polar surface area (TPSA) is 76.3 Å². The number of nitrogens with one attached hydrogen (secondary N) is 2. The number of amides is 2. The number of hydrazine groups is 1. The molecule has 1 aliphatic rings. The quantitative estimate of drug-likeness (QED) is 0.611. The Morgan fingerprint density at radius 3 is 2.43 bits per heavy atom. The van der Waals surface area contributed by atoms with Crippen LogP contribution in [-0.4, -0.2) is 16.4 Å². The van der Waals surface area contributed by atoms with Crippen LogP contribution in [0.15, 0.2) is 22.6 Å². The first kappa shape index (κ1) is 20.0. The number of furan rings is 1. The molecular formula is C22H29N3O3. The molecule has 1 aliphatic carbocycles. The van der Waals surface area contributed by atoms with E-state index in [-0.39, 0.29) is 5.91 Å². The van der Waals surface area contributed by atoms with Gasteiger partial charge in [0.25, 0.3) is 11.8 Å². The Morgan fingerprint density at radius 2 is 1.79 bits per heavy atom. The van der Waals surface area contributed by atoms with E-state index in [1.807, 2.05) is 0 Å². The van der Waals surface area contributed by atoms with E-state index in [0.717, 1.165) is 5.56 Å². The van der Waals surface area contributed by atoms with Gasteiger partial charge < -0.3 is 8.98 Å². The molecule has 0 atom stereocenters. The maximum atomic E-state index is 12.1. The molecule has 2 aromatic rings. The average molecular weight is 383 g/mol. The van der Waals surface area contributed by atoms with Crippen molar-refractivity contribution in [1.82, 2.24) is 15.4 Å². The molecule has 6 heteroatoms. The van der Waals surface area contributed by atoms with Crippen molar-refractivity contribution >= 4 is 17.9 Å². The Hall–Kier alpha value is -2.76. The van der Waals surface area contributed by atoms with Crippen molar-refractivity contribution in [2.75, 3.05) is 0 Å². The summed E-state index contributed by atoms with van der Waals surface area (Å²) in [4.78, 5) is 24.2. The molecule has 0 radical (unpaired) electrons. The van der Waals surface area contributed by atoms with Gasteiger partial charge in [0.1, 0.15) is 11.5 Å². The lowest BCUT2D eigenvalue weighted by Crippen LogP contribution is -2.40. The maximum absolute atomic E-state index is 12.1. The highest BCUT2D eigenvalue weighted by Gasteiger charge is 2.19. The smallest absolute Gasteiger partial charge is 0.273 e. The van der Waals surface area contributed by atoms with Crippen LogP contribution in [0.2, 0.25) is 0 Å². The van der Waals surface area contributed by atoms with Gasteiger partial charge in [0, 0.05) is 23.5 Å². The summed E-state index contributed by atoms with van der Waals surface area (Å²) in [6, 6.07) is 4.32. The van der Waals surface area contributed by atoms with E-state index in [4.69, 9.17) is 4.42 Å². The lowest BCUT2D eigenvalue weighted by molar-refractivity contribution is -0.117. The molecule has 0 spiro atoms. The molecule has 6 nitrogen and oxygen atoms in total. The van der Waals surface area contributed by atoms with Gasteiger partial charge in [-0.25, -0.2) is 0 Å². The average Bonchev–Trinajstić information content (AvgIpc) is 3.16. The van der Waals surface area contributed by atoms with Crippen molar-refractivity contribution in [3.05, 3.63) is 52.2 Å². The molecule has 1 saturated carbocycles. The van der Waals surface area contributed by atoms with Gasteiger partial charge >= 0.3 is 0 Å². The first-order chi connectivity index (χ1) is 13.4. The van der Waals surface area contributed by atoms with Crippen LogP contribution in [0, 0.1) is 27.7 Å². The molecule has 2 N–H and O–H groups in total. The fraction of sp³-hybridized carbons (Fsp3) is 0.455. The van der Waals surface area contributed by atoms with Crippen LogP contribution in [0.5, 0.6) is 0 Å². The molecular weight excluding hydrogens is 354 g/mol. The van der Waals surface area contributed by atoms with Crippen LogP contribution in [-0.2, 0) is 4.79 Å². The molecule has 0 aromatic carbocycles. The summed E-state index contributed by atoms with van der Waals surface area (Å²) in [6.07, 6.45) is 9.58. The Balaban J connectivity index is 1.61. The van der Waals surface area contributed by atoms with Gasteiger partial charge in [0.05, 0.1) is 5.56 Å². The summed E-state index contributed by atoms with van der Waals surface area (Å²) in [5.41, 5.74) is 8.69. The van der Waals surface area contributed by atoms with Crippen molar-refractivity contribution < 1.29 is 14.0 Å². The SMILES string of the molecule is Cc1cc(C(=O)NNC(=O)/C=C/c2cc(C)n(C3CCCCC3)c2C)c(C)o1. The first-order valence-electron chi connectivity index (χ1n) is 9.90. The second-order valence-corrected chi connectivity index (χ2v) is 7.59. The van der Waals surface area contributed by atoms with Crippen molar-refractivity contribution in [3.63, 3.8) is 0 Å². The van der Waals surface area contributed by atoms with Gasteiger partial charge in [0.15, 0.2) is 0 Å². The normalized spacial score (nSPS) is 15.1. The predicted molar refractivity (Wildman–Crippen MR) is 109 cm³/mol. The molecule has 1 fully saturated rings. The Morgan fingerprint density at radius 1 is 1.07 bits per heavy atom. The van der Waals surface area contributed by atoms with Crippen LogP contribution in [0.4, 0.5) is 0 Å². The van der Waals surface area contributed by atoms with Crippen LogP contribution >= 0.6 is 0 Å². The summed E-state index contributed by atoms with van der Waals surface area (Å²) >= 11 is 0. The zero-order chi connectivity index (χ0) is 20.3. The number of carbonyl (C=O) groups is 2. The fourth-order valence-corrected chi connectivity index (χ4v) is 4.12. The van der Waals surface area contributed by atoms with Gasteiger partial charge in [0.2, 0.25) is 0 Å². The van der Waals surface area contributed by atoms with Gasteiger partial charge in [-0.05, 0) is 64.3 Å². The highest BCUT2D eigenvalue weighted by molar-refractivity contribution is 5.98. The first-order valence-corrected chi connectivity index (χ1v) is 9.90. The van der Waals surface area contributed by atoms with Crippen LogP contribution < -0.4 is 10.9 Å². The summed E-state index contributed by atoms with van der Waals surface area (Å²) in [5, 5.41) is 0. The molecule has 3 rings (SSSR count). The zero-order valence-corrected chi connectivity index (χ0v) is 17.1. The molecule has 0 bridgehead atoms. The van der Waals surface area contributed by atoms with Crippen LogP contribution in [0.25, 0.3) is 6.08 Å². The highest BCUT2D eigenvalue weighted by atomic mass is 16.3. The third-order valence-electron chi connectivity index (χ3n) is 5.46. The monoisotopic (exact) mass is 383 g/mol. The number of rotatable bonds is 4. The second-order valence-electron chi connectivity index (χ2n) is 7.59. The standard InChI is InChI=1S/C22H29N3O3/c1-14-12-18(16(3)25(14)19-8-6-5-7-9-19)10-11-21(26)23-24-22(27)20-13-15(2)28-17(20)4/h10-13,19H,5-9H2,1-4H3,(H,23,26)(H,24,27)/b11-10+. The van der Waals surface area contributed by atoms with Crippen LogP contribution in [0.3, 0.4) is 0 Å². The van der Waals surface area contributed by atoms with Gasteiger partial charge in [-0.3, -0.25) is 20.4 Å². The third-order valence-corrected chi connectivity index (χ3v) is 5.46. The lowest BCUT2D eigenvalue weighted by atomic mass is 9.95. The Kier molecular flexibility index (Phi) is 6.07. The Labute approximate surface area is 166 Å². The van der Waals surface area contributed by atoms with Crippen molar-refractivity contribution in [1.29, 1.82) is 0 Å². The zero-order valence-electron chi connectivity index (χ0n) is 17.1. The summed E-state index contributed by atoms with van der Waals surface area (Å²) < 4.78 is 7.74. The fourth-order valence-electron chi connectivity index (χ4n) is 4.12. The van der Waals surface area contributed by atoms with Crippen LogP contribution in [0.1, 0.15) is 77.0 Å². The van der Waals surface area contributed by atoms with E-state index in [2.05, 4.69) is 35.3 Å². The number of hydrogen-bond acceptors (Lipinski definition) is 3. The van der Waals surface area contributed by atoms with E-state index in [1.165, 1.54) is 49.6 Å². The van der Waals surface area contributed by atoms with Gasteiger partial charge in [-0.15, -0.1) is 0 Å². The molecule has 0 saturated heterocycles. The van der Waals surface area contributed by atoms with E-state index in [9.17, 15) is 9.59 Å². The number of aromatic nitrogens is 1. The largest absolute Gasteiger partial charge is 0.466 e. The van der Waals surface area contributed by atoms with Crippen molar-refractivity contribution in [2.24, 2.45) is 0 Å². The van der Waals surface area contributed by atoms with E-state index in [1.54, 1.807) is 26.0 Å². The number of carbonyl (C=O) groups excluding carboxylic acids is 2. The van der Waals surface area contributed by atoms with Gasteiger partial charge in [-0.1, -0.05) is 19.3 Å². The maximum Gasteiger partial charge on any atom is 0.273 e. The summed E-state index contributed by atoms with van der Waals surface area (Å²) in [5.74, 6) is 0.400. The van der Waals surface area contributed by atoms with Gasteiger partial charge in [-0.2, -0.15) is 0 Å². The second kappa shape index (κ2) is 8.50. The summed E-state index contributed by atoms with van der Waals surface area (Å²) in [6.45, 7) is 7.71. The molecule has 0 unspecified atom stereocenters. The minimum Gasteiger partial charge on any atom is -0.466 e. The lowest BCUT2D eigenvalue weighted by Gasteiger charge is -2.26. The molecule has 2 heterocycles. The number of hydrogen-bond donors (Lipinski definition) is 2. The molecule has 28 heavy (non-hydrogen) atoms. The molecule has 0 aliphatic heterocycles.